The summed E-state index contributed by atoms with van der Waals surface area (Å²) in [6.45, 7) is 2.70. The largest absolute Gasteiger partial charge is 0.339 e. The van der Waals surface area contributed by atoms with E-state index in [4.69, 9.17) is 4.98 Å². The van der Waals surface area contributed by atoms with Crippen LogP contribution in [0.4, 0.5) is 5.13 Å². The summed E-state index contributed by atoms with van der Waals surface area (Å²) in [5.74, 6) is 0. The van der Waals surface area contributed by atoms with Crippen molar-refractivity contribution in [1.82, 2.24) is 10.3 Å². The highest BCUT2D eigenvalue weighted by atomic mass is 32.1. The van der Waals surface area contributed by atoms with E-state index in [1.165, 1.54) is 11.1 Å². The molecule has 0 aliphatic carbocycles. The molecule has 3 aromatic rings. The fourth-order valence-corrected chi connectivity index (χ4v) is 3.47. The third-order valence-corrected chi connectivity index (χ3v) is 4.82. The van der Waals surface area contributed by atoms with Gasteiger partial charge in [0.25, 0.3) is 0 Å². The smallest absolute Gasteiger partial charge is 0.186 e. The summed E-state index contributed by atoms with van der Waals surface area (Å²) in [5, 5.41) is 6.45. The molecule has 0 bridgehead atoms. The predicted octanol–water partition coefficient (Wildman–Crippen LogP) is 4.11. The SMILES string of the molecule is CNCCc1csc(N(Cc2ccccc2)Cc2ccccc2)n1. The van der Waals surface area contributed by atoms with Crippen LogP contribution in [0, 0.1) is 0 Å². The summed E-state index contributed by atoms with van der Waals surface area (Å²) in [7, 11) is 1.98. The molecule has 0 saturated heterocycles. The van der Waals surface area contributed by atoms with Crippen molar-refractivity contribution in [3.63, 3.8) is 0 Å². The number of likely N-dealkylation sites (N-methyl/N-ethyl adjacent to an activating group) is 1. The molecule has 124 valence electrons. The van der Waals surface area contributed by atoms with Crippen molar-refractivity contribution in [1.29, 1.82) is 0 Å². The number of aromatic nitrogens is 1. The molecule has 0 spiro atoms. The van der Waals surface area contributed by atoms with Gasteiger partial charge in [-0.3, -0.25) is 0 Å². The van der Waals surface area contributed by atoms with Gasteiger partial charge >= 0.3 is 0 Å². The Bertz CT molecular complexity index is 683. The molecule has 0 unspecified atom stereocenters. The molecule has 0 aliphatic heterocycles. The molecule has 0 atom stereocenters. The van der Waals surface area contributed by atoms with E-state index in [2.05, 4.69) is 76.3 Å². The van der Waals surface area contributed by atoms with Crippen molar-refractivity contribution < 1.29 is 0 Å². The normalized spacial score (nSPS) is 10.7. The van der Waals surface area contributed by atoms with Crippen molar-refractivity contribution in [2.24, 2.45) is 0 Å². The Morgan fingerprint density at radius 1 is 0.917 bits per heavy atom. The van der Waals surface area contributed by atoms with Crippen molar-refractivity contribution >= 4 is 16.5 Å². The second-order valence-electron chi connectivity index (χ2n) is 5.80. The third-order valence-electron chi connectivity index (χ3n) is 3.87. The van der Waals surface area contributed by atoms with E-state index >= 15 is 0 Å². The van der Waals surface area contributed by atoms with Crippen LogP contribution < -0.4 is 10.2 Å². The standard InChI is InChI=1S/C20H23N3S/c1-21-13-12-19-16-24-20(22-19)23(14-17-8-4-2-5-9-17)15-18-10-6-3-7-11-18/h2-11,16,21H,12-15H2,1H3. The lowest BCUT2D eigenvalue weighted by Gasteiger charge is -2.22. The van der Waals surface area contributed by atoms with Gasteiger partial charge in [0.1, 0.15) is 0 Å². The molecular formula is C20H23N3S. The average Bonchev–Trinajstić information content (AvgIpc) is 3.10. The molecular weight excluding hydrogens is 314 g/mol. The molecule has 2 aromatic carbocycles. The maximum Gasteiger partial charge on any atom is 0.186 e. The highest BCUT2D eigenvalue weighted by Crippen LogP contribution is 2.24. The van der Waals surface area contributed by atoms with Crippen LogP contribution >= 0.6 is 11.3 Å². The number of hydrogen-bond acceptors (Lipinski definition) is 4. The number of rotatable bonds is 8. The van der Waals surface area contributed by atoms with Crippen molar-refractivity contribution in [3.05, 3.63) is 82.9 Å². The van der Waals surface area contributed by atoms with Gasteiger partial charge in [-0.05, 0) is 18.2 Å². The Morgan fingerprint density at radius 2 is 1.50 bits per heavy atom. The van der Waals surface area contributed by atoms with E-state index in [0.717, 1.165) is 36.9 Å². The molecule has 0 radical (unpaired) electrons. The number of nitrogens with zero attached hydrogens (tertiary/aromatic N) is 2. The summed E-state index contributed by atoms with van der Waals surface area (Å²) in [5.41, 5.74) is 3.77. The van der Waals surface area contributed by atoms with Gasteiger partial charge in [0.05, 0.1) is 5.69 Å². The molecule has 0 amide bonds. The number of anilines is 1. The summed E-state index contributed by atoms with van der Waals surface area (Å²) in [6.07, 6.45) is 0.970. The number of nitrogens with one attached hydrogen (secondary N) is 1. The summed E-state index contributed by atoms with van der Waals surface area (Å²) < 4.78 is 0. The molecule has 24 heavy (non-hydrogen) atoms. The Hall–Kier alpha value is -2.17. The minimum absolute atomic E-state index is 0.870. The van der Waals surface area contributed by atoms with Crippen LogP contribution in [-0.4, -0.2) is 18.6 Å². The zero-order valence-corrected chi connectivity index (χ0v) is 14.8. The lowest BCUT2D eigenvalue weighted by Crippen LogP contribution is -2.22. The maximum atomic E-state index is 4.84. The first-order valence-corrected chi connectivity index (χ1v) is 9.15. The summed E-state index contributed by atoms with van der Waals surface area (Å²) in [6, 6.07) is 21.2. The van der Waals surface area contributed by atoms with Crippen LogP contribution in [0.15, 0.2) is 66.0 Å². The predicted molar refractivity (Wildman–Crippen MR) is 103 cm³/mol. The molecule has 1 aromatic heterocycles. The third kappa shape index (κ3) is 4.66. The molecule has 4 heteroatoms. The van der Waals surface area contributed by atoms with E-state index in [1.807, 2.05) is 7.05 Å². The molecule has 1 N–H and O–H groups in total. The fraction of sp³-hybridized carbons (Fsp3) is 0.250. The van der Waals surface area contributed by atoms with E-state index in [1.54, 1.807) is 11.3 Å². The second-order valence-corrected chi connectivity index (χ2v) is 6.64. The Balaban J connectivity index is 1.79. The first-order chi connectivity index (χ1) is 11.8. The number of thiazole rings is 1. The minimum Gasteiger partial charge on any atom is -0.339 e. The van der Waals surface area contributed by atoms with Gasteiger partial charge in [-0.1, -0.05) is 60.7 Å². The zero-order valence-electron chi connectivity index (χ0n) is 14.0. The van der Waals surface area contributed by atoms with Crippen LogP contribution in [0.25, 0.3) is 0 Å². The second kappa shape index (κ2) is 8.62. The van der Waals surface area contributed by atoms with Gasteiger partial charge < -0.3 is 10.2 Å². The highest BCUT2D eigenvalue weighted by Gasteiger charge is 2.12. The summed E-state index contributed by atoms with van der Waals surface area (Å²) >= 11 is 1.73. The van der Waals surface area contributed by atoms with Crippen LogP contribution in [0.3, 0.4) is 0 Å². The highest BCUT2D eigenvalue weighted by molar-refractivity contribution is 7.13. The van der Waals surface area contributed by atoms with Gasteiger partial charge in [0.15, 0.2) is 5.13 Å². The molecule has 3 nitrogen and oxygen atoms in total. The maximum absolute atomic E-state index is 4.84. The molecule has 0 fully saturated rings. The van der Waals surface area contributed by atoms with Crippen molar-refractivity contribution in [2.45, 2.75) is 19.5 Å². The fourth-order valence-electron chi connectivity index (χ4n) is 2.61. The first-order valence-electron chi connectivity index (χ1n) is 8.27. The van der Waals surface area contributed by atoms with Crippen LogP contribution in [0.1, 0.15) is 16.8 Å². The summed E-state index contributed by atoms with van der Waals surface area (Å²) in [4.78, 5) is 7.20. The van der Waals surface area contributed by atoms with Gasteiger partial charge in [0.2, 0.25) is 0 Å². The average molecular weight is 337 g/mol. The Morgan fingerprint density at radius 3 is 2.04 bits per heavy atom. The lowest BCUT2D eigenvalue weighted by molar-refractivity contribution is 0.766. The van der Waals surface area contributed by atoms with Gasteiger partial charge in [-0.25, -0.2) is 4.98 Å². The van der Waals surface area contributed by atoms with Crippen LogP contribution in [0.2, 0.25) is 0 Å². The quantitative estimate of drug-likeness (QED) is 0.670. The topological polar surface area (TPSA) is 28.2 Å². The minimum atomic E-state index is 0.870. The van der Waals surface area contributed by atoms with Gasteiger partial charge in [-0.2, -0.15) is 0 Å². The Labute approximate surface area is 148 Å². The lowest BCUT2D eigenvalue weighted by atomic mass is 10.2. The van der Waals surface area contributed by atoms with E-state index in [0.29, 0.717) is 0 Å². The Kier molecular flexibility index (Phi) is 5.99. The number of hydrogen-bond donors (Lipinski definition) is 1. The van der Waals surface area contributed by atoms with Gasteiger partial charge in [-0.15, -0.1) is 11.3 Å². The first kappa shape index (κ1) is 16.7. The molecule has 0 aliphatic rings. The molecule has 1 heterocycles. The van der Waals surface area contributed by atoms with Gasteiger partial charge in [0, 0.05) is 31.4 Å². The van der Waals surface area contributed by atoms with E-state index in [9.17, 15) is 0 Å². The van der Waals surface area contributed by atoms with Crippen molar-refractivity contribution in [3.8, 4) is 0 Å². The van der Waals surface area contributed by atoms with Crippen molar-refractivity contribution in [2.75, 3.05) is 18.5 Å². The number of benzene rings is 2. The molecule has 0 saturated carbocycles. The van der Waals surface area contributed by atoms with E-state index < -0.39 is 0 Å². The zero-order chi connectivity index (χ0) is 16.6. The monoisotopic (exact) mass is 337 g/mol. The van der Waals surface area contributed by atoms with Crippen LogP contribution in [-0.2, 0) is 19.5 Å². The molecule has 3 rings (SSSR count). The van der Waals surface area contributed by atoms with Crippen LogP contribution in [0.5, 0.6) is 0 Å². The van der Waals surface area contributed by atoms with E-state index in [-0.39, 0.29) is 0 Å².